The number of benzene rings is 1. The summed E-state index contributed by atoms with van der Waals surface area (Å²) in [5, 5.41) is 4.23. The molecule has 0 unspecified atom stereocenters. The molecule has 1 aliphatic heterocycles. The lowest BCUT2D eigenvalue weighted by molar-refractivity contribution is 0.170. The summed E-state index contributed by atoms with van der Waals surface area (Å²) in [4.78, 5) is 4.09. The normalized spacial score (nSPS) is 24.4. The van der Waals surface area contributed by atoms with Gasteiger partial charge in [-0.3, -0.25) is 0 Å². The van der Waals surface area contributed by atoms with Gasteiger partial charge in [0.25, 0.3) is 0 Å². The van der Waals surface area contributed by atoms with E-state index < -0.39 is 11.8 Å². The molecule has 106 valence electrons. The van der Waals surface area contributed by atoms with Crippen LogP contribution in [-0.4, -0.2) is 14.8 Å². The van der Waals surface area contributed by atoms with Crippen LogP contribution in [0.15, 0.2) is 30.3 Å². The molecule has 2 heterocycles. The summed E-state index contributed by atoms with van der Waals surface area (Å²) in [7, 11) is 0. The predicted octanol–water partition coefficient (Wildman–Crippen LogP) is 3.88. The Hall–Kier alpha value is -1.78. The summed E-state index contributed by atoms with van der Waals surface area (Å²) in [6, 6.07) is 9.39. The van der Waals surface area contributed by atoms with Gasteiger partial charge < -0.3 is 0 Å². The second-order valence-corrected chi connectivity index (χ2v) is 5.42. The fourth-order valence-corrected chi connectivity index (χ4v) is 2.51. The predicted molar refractivity (Wildman–Crippen MR) is 71.8 cm³/mol. The molecule has 0 aliphatic carbocycles. The minimum absolute atomic E-state index is 0.0817. The van der Waals surface area contributed by atoms with E-state index in [4.69, 9.17) is 0 Å². The smallest absolute Gasteiger partial charge is 0.188 e. The molecule has 1 aliphatic rings. The van der Waals surface area contributed by atoms with E-state index in [1.54, 1.807) is 11.6 Å². The van der Waals surface area contributed by atoms with Gasteiger partial charge in [-0.1, -0.05) is 37.3 Å². The molecule has 0 N–H and O–H groups in total. The number of nitrogens with zero attached hydrogens (tertiary/aromatic N) is 3. The van der Waals surface area contributed by atoms with E-state index in [9.17, 15) is 8.78 Å². The Bertz CT molecular complexity index is 607. The molecule has 2 aromatic rings. The monoisotopic (exact) mass is 277 g/mol. The van der Waals surface area contributed by atoms with Crippen molar-refractivity contribution in [3.05, 3.63) is 47.5 Å². The Morgan fingerprint density at radius 3 is 2.70 bits per heavy atom. The van der Waals surface area contributed by atoms with Gasteiger partial charge in [-0.25, -0.2) is 18.4 Å². The molecule has 1 aromatic carbocycles. The Kier molecular flexibility index (Phi) is 3.07. The van der Waals surface area contributed by atoms with Crippen molar-refractivity contribution < 1.29 is 8.78 Å². The van der Waals surface area contributed by atoms with Crippen LogP contribution in [0.25, 0.3) is 0 Å². The molecule has 0 saturated carbocycles. The Morgan fingerprint density at radius 1 is 1.35 bits per heavy atom. The first-order valence-corrected chi connectivity index (χ1v) is 6.88. The molecule has 0 spiro atoms. The number of hydrogen-bond acceptors (Lipinski definition) is 2. The number of alkyl halides is 2. The van der Waals surface area contributed by atoms with Crippen molar-refractivity contribution in [3.63, 3.8) is 0 Å². The average molecular weight is 277 g/mol. The zero-order chi connectivity index (χ0) is 14.3. The minimum Gasteiger partial charge on any atom is -0.239 e. The van der Waals surface area contributed by atoms with Gasteiger partial charge in [-0.2, -0.15) is 5.10 Å². The molecule has 3 rings (SSSR count). The second-order valence-electron chi connectivity index (χ2n) is 5.42. The molecule has 0 amide bonds. The van der Waals surface area contributed by atoms with E-state index in [-0.39, 0.29) is 24.1 Å². The summed E-state index contributed by atoms with van der Waals surface area (Å²) < 4.78 is 30.0. The summed E-state index contributed by atoms with van der Waals surface area (Å²) in [6.45, 7) is 3.16. The van der Waals surface area contributed by atoms with Crippen molar-refractivity contribution in [2.45, 2.75) is 44.6 Å². The van der Waals surface area contributed by atoms with Gasteiger partial charge in [0, 0.05) is 6.42 Å². The highest BCUT2D eigenvalue weighted by Crippen LogP contribution is 2.40. The average Bonchev–Trinajstić information content (AvgIpc) is 3.01. The maximum atomic E-state index is 14.3. The van der Waals surface area contributed by atoms with Crippen molar-refractivity contribution >= 4 is 0 Å². The van der Waals surface area contributed by atoms with Crippen LogP contribution < -0.4 is 0 Å². The first kappa shape index (κ1) is 13.2. The standard InChI is InChI=1S/C15H17F2N3/c1-3-15(2,17)14-18-13-11(16)9-12(20(13)19-14)10-7-5-4-6-8-10/h4-8,11-12H,3,9H2,1-2H3/t11-,12-,15+/m0/s1. The van der Waals surface area contributed by atoms with E-state index >= 15 is 0 Å². The first-order chi connectivity index (χ1) is 9.53. The van der Waals surface area contributed by atoms with Gasteiger partial charge in [0.1, 0.15) is 0 Å². The highest BCUT2D eigenvalue weighted by Gasteiger charge is 2.39. The fourth-order valence-electron chi connectivity index (χ4n) is 2.51. The molecule has 5 heteroatoms. The molecule has 0 radical (unpaired) electrons. The topological polar surface area (TPSA) is 30.7 Å². The third-order valence-electron chi connectivity index (χ3n) is 3.98. The zero-order valence-electron chi connectivity index (χ0n) is 11.6. The van der Waals surface area contributed by atoms with E-state index in [0.717, 1.165) is 5.56 Å². The Balaban J connectivity index is 2.02. The van der Waals surface area contributed by atoms with Crippen molar-refractivity contribution in [1.82, 2.24) is 14.8 Å². The lowest BCUT2D eigenvalue weighted by Crippen LogP contribution is -2.17. The molecule has 0 fully saturated rings. The van der Waals surface area contributed by atoms with Crippen molar-refractivity contribution in [3.8, 4) is 0 Å². The lowest BCUT2D eigenvalue weighted by Gasteiger charge is -2.15. The van der Waals surface area contributed by atoms with Crippen LogP contribution in [0.4, 0.5) is 8.78 Å². The summed E-state index contributed by atoms with van der Waals surface area (Å²) in [5.74, 6) is 0.324. The molecule has 3 nitrogen and oxygen atoms in total. The Labute approximate surface area is 116 Å². The zero-order valence-corrected chi connectivity index (χ0v) is 11.6. The van der Waals surface area contributed by atoms with E-state index in [0.29, 0.717) is 6.42 Å². The van der Waals surface area contributed by atoms with Crippen LogP contribution in [0, 0.1) is 0 Å². The number of rotatable bonds is 3. The van der Waals surface area contributed by atoms with Crippen molar-refractivity contribution in [2.24, 2.45) is 0 Å². The summed E-state index contributed by atoms with van der Waals surface area (Å²) >= 11 is 0. The third-order valence-corrected chi connectivity index (χ3v) is 3.98. The number of fused-ring (bicyclic) bond motifs is 1. The van der Waals surface area contributed by atoms with Crippen molar-refractivity contribution in [1.29, 1.82) is 0 Å². The van der Waals surface area contributed by atoms with Gasteiger partial charge in [0.15, 0.2) is 23.5 Å². The third kappa shape index (κ3) is 2.01. The highest BCUT2D eigenvalue weighted by atomic mass is 19.1. The largest absolute Gasteiger partial charge is 0.239 e. The molecular formula is C15H17F2N3. The van der Waals surface area contributed by atoms with Gasteiger partial charge in [-0.05, 0) is 18.9 Å². The quantitative estimate of drug-likeness (QED) is 0.852. The molecular weight excluding hydrogens is 260 g/mol. The van der Waals surface area contributed by atoms with E-state index in [1.807, 2.05) is 30.3 Å². The molecule has 0 bridgehead atoms. The van der Waals surface area contributed by atoms with Crippen LogP contribution in [0.1, 0.15) is 56.1 Å². The Morgan fingerprint density at radius 2 is 2.05 bits per heavy atom. The fraction of sp³-hybridized carbons (Fsp3) is 0.467. The van der Waals surface area contributed by atoms with Gasteiger partial charge in [0.2, 0.25) is 0 Å². The van der Waals surface area contributed by atoms with E-state index in [1.165, 1.54) is 6.92 Å². The summed E-state index contributed by atoms with van der Waals surface area (Å²) in [6.07, 6.45) is -0.604. The SMILES string of the molecule is CC[C@@](C)(F)c1nc2n(n1)[C@H](c1ccccc1)C[C@@H]2F. The molecule has 20 heavy (non-hydrogen) atoms. The number of aromatic nitrogens is 3. The molecule has 3 atom stereocenters. The molecule has 0 saturated heterocycles. The highest BCUT2D eigenvalue weighted by molar-refractivity contribution is 5.24. The van der Waals surface area contributed by atoms with Crippen LogP contribution in [0.5, 0.6) is 0 Å². The number of halogens is 2. The van der Waals surface area contributed by atoms with Crippen LogP contribution >= 0.6 is 0 Å². The maximum absolute atomic E-state index is 14.3. The number of hydrogen-bond donors (Lipinski definition) is 0. The van der Waals surface area contributed by atoms with Gasteiger partial charge >= 0.3 is 0 Å². The van der Waals surface area contributed by atoms with Crippen LogP contribution in [0.3, 0.4) is 0 Å². The van der Waals surface area contributed by atoms with Crippen LogP contribution in [0.2, 0.25) is 0 Å². The first-order valence-electron chi connectivity index (χ1n) is 6.88. The maximum Gasteiger partial charge on any atom is 0.188 e. The lowest BCUT2D eigenvalue weighted by atomic mass is 10.0. The van der Waals surface area contributed by atoms with Gasteiger partial charge in [-0.15, -0.1) is 0 Å². The second kappa shape index (κ2) is 4.65. The van der Waals surface area contributed by atoms with Gasteiger partial charge in [0.05, 0.1) is 6.04 Å². The molecule has 1 aromatic heterocycles. The summed E-state index contributed by atoms with van der Waals surface area (Å²) in [5.41, 5.74) is -0.638. The van der Waals surface area contributed by atoms with Crippen molar-refractivity contribution in [2.75, 3.05) is 0 Å². The van der Waals surface area contributed by atoms with E-state index in [2.05, 4.69) is 10.1 Å². The van der Waals surface area contributed by atoms with Crippen LogP contribution in [-0.2, 0) is 5.67 Å². The minimum atomic E-state index is -1.61.